The number of carbonyl (C=O) groups is 12. The Morgan fingerprint density at radius 2 is 1.41 bits per heavy atom. The molecular weight excluding hydrogens is 1330 g/mol. The van der Waals surface area contributed by atoms with Crippen LogP contribution in [0.3, 0.4) is 0 Å². The smallest absolute Gasteiger partial charge is 0.410 e. The Balaban J connectivity index is 1.35. The third-order valence-electron chi connectivity index (χ3n) is 18.6. The van der Waals surface area contributed by atoms with Gasteiger partial charge in [-0.2, -0.15) is 0 Å². The lowest BCUT2D eigenvalue weighted by Gasteiger charge is -2.41. The fourth-order valence-corrected chi connectivity index (χ4v) is 13.9. The highest BCUT2D eigenvalue weighted by molar-refractivity contribution is 8.00. The van der Waals surface area contributed by atoms with Gasteiger partial charge in [0.1, 0.15) is 42.4 Å². The van der Waals surface area contributed by atoms with Crippen LogP contribution >= 0.6 is 11.8 Å². The summed E-state index contributed by atoms with van der Waals surface area (Å²) in [6.07, 6.45) is 1.29. The monoisotopic (exact) mass is 1440 g/mol. The van der Waals surface area contributed by atoms with Crippen molar-refractivity contribution in [2.45, 2.75) is 213 Å². The van der Waals surface area contributed by atoms with E-state index in [2.05, 4.69) is 31.9 Å². The molecule has 101 heavy (non-hydrogen) atoms. The van der Waals surface area contributed by atoms with Crippen molar-refractivity contribution >= 4 is 88.7 Å². The quantitative estimate of drug-likeness (QED) is 0.0268. The Bertz CT molecular complexity index is 3110. The van der Waals surface area contributed by atoms with Gasteiger partial charge in [0.15, 0.2) is 0 Å². The number of benzene rings is 2. The number of imide groups is 1. The predicted molar refractivity (Wildman–Crippen MR) is 376 cm³/mol. The standard InChI is InChI=1S/C71H109F2N11O16S/c1-14-44(8)62(53(98-12)38-56(86)83-36-20-25-52(83)63(99-13)45(9)64(90)75-34-32-48-49(72)22-18-23-50(48)73)81(10)69(95)60(42(4)5)80-67(93)61(43(6)7)82(11)71(97)100-40-46-28-30-47(31-29-46)77-65(91)51(24-19-33-76-70(74)96)78-66(92)59(41(2)3)79-55(85)26-16-15-17-35-84-57(87)39-54(68(84)94)101-37-21-27-58(88)89/h18,22-23,28-31,41-45,51-54,59-63H,14-17,19-21,24-27,32-40H2,1-13H3,(H,75,90)(H,77,91)(H,78,92)(H,79,85)(H,80,93)(H,88,89)(H3,74,76,96)/t44-,45+,51-,52-,53+,54?,59-,60-,61-,62?,63+/m0/s1. The topological polar surface area (TPSA) is 364 Å². The van der Waals surface area contributed by atoms with Crippen LogP contribution in [0.2, 0.25) is 0 Å². The normalized spacial score (nSPS) is 17.2. The van der Waals surface area contributed by atoms with Crippen molar-refractivity contribution in [3.63, 3.8) is 0 Å². The maximum Gasteiger partial charge on any atom is 0.410 e. The van der Waals surface area contributed by atoms with E-state index < -0.39 is 143 Å². The van der Waals surface area contributed by atoms with Gasteiger partial charge in [-0.15, -0.1) is 11.8 Å². The van der Waals surface area contributed by atoms with Crippen molar-refractivity contribution in [2.75, 3.05) is 65.6 Å². The number of hydrogen-bond acceptors (Lipinski definition) is 16. The summed E-state index contributed by atoms with van der Waals surface area (Å²) in [6, 6.07) is 3.57. The first-order chi connectivity index (χ1) is 47.8. The highest BCUT2D eigenvalue weighted by atomic mass is 32.2. The molecule has 0 aromatic heterocycles. The summed E-state index contributed by atoms with van der Waals surface area (Å²) in [5.74, 6) is -8.20. The van der Waals surface area contributed by atoms with Gasteiger partial charge < -0.3 is 66.8 Å². The summed E-state index contributed by atoms with van der Waals surface area (Å²) < 4.78 is 46.2. The van der Waals surface area contributed by atoms with Crippen LogP contribution < -0.4 is 37.6 Å². The van der Waals surface area contributed by atoms with Crippen LogP contribution in [-0.4, -0.2) is 210 Å². The second kappa shape index (κ2) is 42.4. The number of carbonyl (C=O) groups excluding carboxylic acids is 11. The summed E-state index contributed by atoms with van der Waals surface area (Å²) in [5, 5.41) is 24.8. The van der Waals surface area contributed by atoms with Crippen LogP contribution in [-0.2, 0) is 75.2 Å². The minimum absolute atomic E-state index is 0.0224. The molecule has 2 unspecified atom stereocenters. The minimum atomic E-state index is -1.14. The molecule has 9 N–H and O–H groups in total. The Morgan fingerprint density at radius 3 is 2.00 bits per heavy atom. The number of aliphatic carboxylic acids is 1. The number of rotatable bonds is 43. The van der Waals surface area contributed by atoms with E-state index in [4.69, 9.17) is 25.1 Å². The number of nitrogens with one attached hydrogen (secondary N) is 6. The summed E-state index contributed by atoms with van der Waals surface area (Å²) in [4.78, 5) is 165. The van der Waals surface area contributed by atoms with Crippen molar-refractivity contribution in [1.29, 1.82) is 0 Å². The summed E-state index contributed by atoms with van der Waals surface area (Å²) in [7, 11) is 5.95. The highest BCUT2D eigenvalue weighted by Crippen LogP contribution is 2.31. The number of amides is 12. The van der Waals surface area contributed by atoms with Gasteiger partial charge in [-0.1, -0.05) is 93.4 Å². The third kappa shape index (κ3) is 26.1. The first kappa shape index (κ1) is 85.4. The molecule has 0 radical (unpaired) electrons. The van der Waals surface area contributed by atoms with Gasteiger partial charge in [-0.05, 0) is 111 Å². The lowest BCUT2D eigenvalue weighted by molar-refractivity contribution is -0.148. The molecule has 0 saturated carbocycles. The van der Waals surface area contributed by atoms with Gasteiger partial charge in [0, 0.05) is 85.0 Å². The minimum Gasteiger partial charge on any atom is -0.481 e. The van der Waals surface area contributed by atoms with Crippen molar-refractivity contribution in [2.24, 2.45) is 35.3 Å². The lowest BCUT2D eigenvalue weighted by Crippen LogP contribution is -2.60. The maximum absolute atomic E-state index is 14.8. The van der Waals surface area contributed by atoms with Crippen LogP contribution in [0.25, 0.3) is 0 Å². The molecule has 2 aromatic rings. The van der Waals surface area contributed by atoms with Crippen molar-refractivity contribution in [3.05, 3.63) is 65.2 Å². The van der Waals surface area contributed by atoms with Crippen molar-refractivity contribution in [3.8, 4) is 0 Å². The molecule has 2 fully saturated rings. The molecule has 11 atom stereocenters. The number of likely N-dealkylation sites (tertiary alicyclic amines) is 2. The van der Waals surface area contributed by atoms with E-state index in [-0.39, 0.29) is 100 Å². The molecule has 27 nitrogen and oxygen atoms in total. The van der Waals surface area contributed by atoms with E-state index in [0.29, 0.717) is 68.5 Å². The summed E-state index contributed by atoms with van der Waals surface area (Å²) in [6.45, 7) is 16.5. The molecule has 2 heterocycles. The van der Waals surface area contributed by atoms with Crippen molar-refractivity contribution < 1.29 is 85.6 Å². The number of carboxylic acid groups (broad SMARTS) is 1. The number of anilines is 1. The zero-order valence-corrected chi connectivity index (χ0v) is 61.7. The summed E-state index contributed by atoms with van der Waals surface area (Å²) in [5.41, 5.74) is 5.94. The third-order valence-corrected chi connectivity index (χ3v) is 19.9. The number of unbranched alkanes of at least 4 members (excludes halogenated alkanes) is 2. The Kier molecular flexibility index (Phi) is 35.9. The zero-order chi connectivity index (χ0) is 75.4. The lowest BCUT2D eigenvalue weighted by atomic mass is 9.89. The van der Waals surface area contributed by atoms with E-state index >= 15 is 0 Å². The van der Waals surface area contributed by atoms with Crippen LogP contribution in [0.5, 0.6) is 0 Å². The molecule has 0 spiro atoms. The number of likely N-dealkylation sites (N-methyl/N-ethyl adjacent to an activating group) is 2. The van der Waals surface area contributed by atoms with Crippen molar-refractivity contribution in [1.82, 2.24) is 46.2 Å². The largest absolute Gasteiger partial charge is 0.481 e. The number of methoxy groups -OCH3 is 2. The number of thioether (sulfide) groups is 1. The molecule has 0 bridgehead atoms. The first-order valence-corrected chi connectivity index (χ1v) is 36.1. The average molecular weight is 1440 g/mol. The second-order valence-corrected chi connectivity index (χ2v) is 28.5. The van der Waals surface area contributed by atoms with E-state index in [0.717, 1.165) is 17.0 Å². The van der Waals surface area contributed by atoms with E-state index in [9.17, 15) is 66.3 Å². The van der Waals surface area contributed by atoms with Crippen LogP contribution in [0, 0.1) is 41.2 Å². The molecule has 2 aromatic carbocycles. The van der Waals surface area contributed by atoms with E-state index in [1.165, 1.54) is 48.9 Å². The Morgan fingerprint density at radius 1 is 0.743 bits per heavy atom. The average Bonchev–Trinajstić information content (AvgIpc) is 1.77. The molecule has 12 amide bonds. The molecule has 4 rings (SSSR count). The van der Waals surface area contributed by atoms with Gasteiger partial charge in [-0.3, -0.25) is 57.7 Å². The molecule has 2 saturated heterocycles. The number of urea groups is 1. The Labute approximate surface area is 596 Å². The van der Waals surface area contributed by atoms with E-state index in [1.807, 2.05) is 13.8 Å². The van der Waals surface area contributed by atoms with Gasteiger partial charge in [0.05, 0.1) is 41.9 Å². The predicted octanol–water partition coefficient (Wildman–Crippen LogP) is 6.28. The number of halogens is 2. The molecule has 2 aliphatic rings. The maximum atomic E-state index is 14.8. The molecule has 2 aliphatic heterocycles. The SMILES string of the molecule is CC[C@H](C)C([C@@H](CC(=O)N1CCC[C@H]1[C@H](OC)[C@@H](C)C(=O)NCCc1c(F)cccc1F)OC)N(C)C(=O)[C@@H](NC(=O)[C@H](C(C)C)N(C)C(=O)OCc1ccc(NC(=O)[C@H](CCCNC(N)=O)NC(=O)[C@@H](NC(=O)CCCCCN2C(=O)CC(SCCCC(=O)O)C2=O)C(C)C)cc1)C(C)C. The van der Waals surface area contributed by atoms with Crippen LogP contribution in [0.15, 0.2) is 42.5 Å². The fraction of sp³-hybridized carbons (Fsp3) is 0.662. The van der Waals surface area contributed by atoms with Gasteiger partial charge in [-0.25, -0.2) is 18.4 Å². The van der Waals surface area contributed by atoms with Crippen LogP contribution in [0.4, 0.5) is 24.1 Å². The van der Waals surface area contributed by atoms with E-state index in [1.54, 1.807) is 84.7 Å². The van der Waals surface area contributed by atoms with Gasteiger partial charge in [0.25, 0.3) is 0 Å². The number of nitrogens with two attached hydrogens (primary N) is 1. The zero-order valence-electron chi connectivity index (χ0n) is 60.9. The van der Waals surface area contributed by atoms with Gasteiger partial charge in [0.2, 0.25) is 53.2 Å². The number of carboxylic acids is 1. The number of nitrogens with zero attached hydrogens (tertiary/aromatic N) is 4. The highest BCUT2D eigenvalue weighted by Gasteiger charge is 2.44. The number of hydrogen-bond donors (Lipinski definition) is 8. The molecule has 0 aliphatic carbocycles. The first-order valence-electron chi connectivity index (χ1n) is 35.0. The van der Waals surface area contributed by atoms with Gasteiger partial charge >= 0.3 is 18.1 Å². The number of primary amides is 1. The number of ether oxygens (including phenoxy) is 3. The van der Waals surface area contributed by atoms with Crippen LogP contribution in [0.1, 0.15) is 157 Å². The fourth-order valence-electron chi connectivity index (χ4n) is 12.7. The Hall–Kier alpha value is -7.99. The molecular formula is C71H109F2N11O16S. The molecule has 30 heteroatoms. The molecule has 564 valence electrons. The second-order valence-electron chi connectivity index (χ2n) is 27.1. The summed E-state index contributed by atoms with van der Waals surface area (Å²) >= 11 is 1.27.